The highest BCUT2D eigenvalue weighted by atomic mass is 15.1. The summed E-state index contributed by atoms with van der Waals surface area (Å²) in [6, 6.07) is 27.3. The maximum absolute atomic E-state index is 6.24. The fourth-order valence-corrected chi connectivity index (χ4v) is 3.10. The van der Waals surface area contributed by atoms with Crippen LogP contribution in [-0.4, -0.2) is 0 Å². The van der Waals surface area contributed by atoms with E-state index in [-0.39, 0.29) is 11.1 Å². The molecule has 27 heavy (non-hydrogen) atoms. The number of anilines is 3. The van der Waals surface area contributed by atoms with Gasteiger partial charge in [-0.05, 0) is 75.2 Å². The molecule has 0 fully saturated rings. The van der Waals surface area contributed by atoms with Gasteiger partial charge < -0.3 is 16.4 Å². The number of para-hydroxylation sites is 1. The van der Waals surface area contributed by atoms with Crippen molar-refractivity contribution < 1.29 is 0 Å². The fraction of sp³-hybridized carbons (Fsp3) is 0.250. The molecule has 0 spiro atoms. The first-order chi connectivity index (χ1) is 12.7. The second-order valence-corrected chi connectivity index (χ2v) is 8.21. The Hall–Kier alpha value is -2.62. The molecule has 0 aliphatic heterocycles. The highest BCUT2D eigenvalue weighted by Gasteiger charge is 2.18. The molecule has 3 nitrogen and oxygen atoms in total. The van der Waals surface area contributed by atoms with E-state index in [1.54, 1.807) is 0 Å². The summed E-state index contributed by atoms with van der Waals surface area (Å²) < 4.78 is 0. The van der Waals surface area contributed by atoms with Crippen molar-refractivity contribution in [1.29, 1.82) is 0 Å². The van der Waals surface area contributed by atoms with Crippen LogP contribution in [0.3, 0.4) is 0 Å². The third-order valence-electron chi connectivity index (χ3n) is 4.75. The molecule has 3 aromatic rings. The smallest absolute Gasteiger partial charge is 0.0461 e. The van der Waals surface area contributed by atoms with Crippen LogP contribution in [0.5, 0.6) is 0 Å². The second-order valence-electron chi connectivity index (χ2n) is 8.21. The van der Waals surface area contributed by atoms with Crippen molar-refractivity contribution in [2.24, 2.45) is 11.5 Å². The van der Waals surface area contributed by atoms with Gasteiger partial charge in [0, 0.05) is 28.1 Å². The highest BCUT2D eigenvalue weighted by Crippen LogP contribution is 2.35. The number of benzene rings is 3. The standard InChI is InChI=1S/C24H29N3/c1-23(2,25)18-10-14-21(15-11-18)27(20-8-6-5-7-9-20)22-16-12-19(13-17-22)24(3,4)26/h5-17H,25-26H2,1-4H3. The summed E-state index contributed by atoms with van der Waals surface area (Å²) >= 11 is 0. The molecule has 3 heteroatoms. The van der Waals surface area contributed by atoms with Gasteiger partial charge in [-0.25, -0.2) is 0 Å². The van der Waals surface area contributed by atoms with Gasteiger partial charge in [-0.15, -0.1) is 0 Å². The first kappa shape index (κ1) is 19.2. The zero-order chi connectivity index (χ0) is 19.7. The fourth-order valence-electron chi connectivity index (χ4n) is 3.10. The van der Waals surface area contributed by atoms with Crippen LogP contribution < -0.4 is 16.4 Å². The molecule has 0 saturated heterocycles. The quantitative estimate of drug-likeness (QED) is 0.628. The van der Waals surface area contributed by atoms with Crippen molar-refractivity contribution >= 4 is 17.1 Å². The molecule has 4 N–H and O–H groups in total. The molecular weight excluding hydrogens is 330 g/mol. The molecule has 0 saturated carbocycles. The van der Waals surface area contributed by atoms with Crippen molar-refractivity contribution in [3.8, 4) is 0 Å². The van der Waals surface area contributed by atoms with E-state index in [4.69, 9.17) is 11.5 Å². The molecule has 0 amide bonds. The van der Waals surface area contributed by atoms with Crippen molar-refractivity contribution in [2.75, 3.05) is 4.90 Å². The summed E-state index contributed by atoms with van der Waals surface area (Å²) in [7, 11) is 0. The summed E-state index contributed by atoms with van der Waals surface area (Å²) in [6.45, 7) is 8.07. The minimum Gasteiger partial charge on any atom is -0.322 e. The summed E-state index contributed by atoms with van der Waals surface area (Å²) in [6.07, 6.45) is 0. The molecule has 140 valence electrons. The van der Waals surface area contributed by atoms with Crippen molar-refractivity contribution in [1.82, 2.24) is 0 Å². The molecule has 3 aromatic carbocycles. The van der Waals surface area contributed by atoms with E-state index in [0.29, 0.717) is 0 Å². The first-order valence-electron chi connectivity index (χ1n) is 9.30. The summed E-state index contributed by atoms with van der Waals surface area (Å²) in [5.41, 5.74) is 17.3. The summed E-state index contributed by atoms with van der Waals surface area (Å²) in [5.74, 6) is 0. The van der Waals surface area contributed by atoms with E-state index in [1.165, 1.54) is 0 Å². The van der Waals surface area contributed by atoms with Gasteiger partial charge in [0.15, 0.2) is 0 Å². The third-order valence-corrected chi connectivity index (χ3v) is 4.75. The van der Waals surface area contributed by atoms with Crippen LogP contribution in [0.1, 0.15) is 38.8 Å². The average Bonchev–Trinajstić information content (AvgIpc) is 2.62. The Morgan fingerprint density at radius 1 is 0.519 bits per heavy atom. The molecule has 0 heterocycles. The lowest BCUT2D eigenvalue weighted by atomic mass is 9.95. The number of nitrogens with two attached hydrogens (primary N) is 2. The van der Waals surface area contributed by atoms with Crippen LogP contribution >= 0.6 is 0 Å². The molecule has 3 rings (SSSR count). The Balaban J connectivity index is 2.05. The third kappa shape index (κ3) is 4.38. The Morgan fingerprint density at radius 2 is 0.852 bits per heavy atom. The lowest BCUT2D eigenvalue weighted by Gasteiger charge is -2.28. The zero-order valence-electron chi connectivity index (χ0n) is 16.6. The van der Waals surface area contributed by atoms with Gasteiger partial charge in [-0.3, -0.25) is 0 Å². The van der Waals surface area contributed by atoms with Crippen LogP contribution in [0.15, 0.2) is 78.9 Å². The number of hydrogen-bond acceptors (Lipinski definition) is 3. The zero-order valence-corrected chi connectivity index (χ0v) is 16.6. The van der Waals surface area contributed by atoms with Crippen LogP contribution in [-0.2, 0) is 11.1 Å². The van der Waals surface area contributed by atoms with Crippen molar-refractivity contribution in [2.45, 2.75) is 38.8 Å². The molecule has 0 radical (unpaired) electrons. The van der Waals surface area contributed by atoms with Gasteiger partial charge >= 0.3 is 0 Å². The Labute approximate surface area is 162 Å². The van der Waals surface area contributed by atoms with Gasteiger partial charge in [0.1, 0.15) is 0 Å². The normalized spacial score (nSPS) is 12.1. The van der Waals surface area contributed by atoms with E-state index in [0.717, 1.165) is 28.2 Å². The Kier molecular flexibility index (Phi) is 5.09. The van der Waals surface area contributed by atoms with Crippen molar-refractivity contribution in [3.05, 3.63) is 90.0 Å². The number of hydrogen-bond donors (Lipinski definition) is 2. The predicted octanol–water partition coefficient (Wildman–Crippen LogP) is 5.54. The van der Waals surface area contributed by atoms with Gasteiger partial charge in [0.05, 0.1) is 0 Å². The van der Waals surface area contributed by atoms with E-state index in [9.17, 15) is 0 Å². The van der Waals surface area contributed by atoms with Gasteiger partial charge in [-0.2, -0.15) is 0 Å². The topological polar surface area (TPSA) is 55.3 Å². The van der Waals surface area contributed by atoms with Crippen LogP contribution in [0.25, 0.3) is 0 Å². The SMILES string of the molecule is CC(C)(N)c1ccc(N(c2ccccc2)c2ccc(C(C)(C)N)cc2)cc1. The molecule has 0 aliphatic rings. The highest BCUT2D eigenvalue weighted by molar-refractivity contribution is 5.76. The number of nitrogens with zero attached hydrogens (tertiary/aromatic N) is 1. The molecule has 0 aliphatic carbocycles. The molecule has 0 aromatic heterocycles. The number of rotatable bonds is 5. The van der Waals surface area contributed by atoms with E-state index in [2.05, 4.69) is 77.7 Å². The monoisotopic (exact) mass is 359 g/mol. The van der Waals surface area contributed by atoms with E-state index >= 15 is 0 Å². The Bertz CT molecular complexity index is 811. The van der Waals surface area contributed by atoms with Crippen molar-refractivity contribution in [3.63, 3.8) is 0 Å². The molecule has 0 unspecified atom stereocenters. The van der Waals surface area contributed by atoms with Crippen LogP contribution in [0, 0.1) is 0 Å². The van der Waals surface area contributed by atoms with Gasteiger partial charge in [0.25, 0.3) is 0 Å². The van der Waals surface area contributed by atoms with E-state index < -0.39 is 0 Å². The molecule has 0 atom stereocenters. The Morgan fingerprint density at radius 3 is 1.19 bits per heavy atom. The summed E-state index contributed by atoms with van der Waals surface area (Å²) in [4.78, 5) is 2.24. The second kappa shape index (κ2) is 7.18. The van der Waals surface area contributed by atoms with Crippen LogP contribution in [0.4, 0.5) is 17.1 Å². The minimum atomic E-state index is -0.357. The lowest BCUT2D eigenvalue weighted by molar-refractivity contribution is 0.554. The largest absolute Gasteiger partial charge is 0.322 e. The first-order valence-corrected chi connectivity index (χ1v) is 9.30. The van der Waals surface area contributed by atoms with Crippen LogP contribution in [0.2, 0.25) is 0 Å². The molecular formula is C24H29N3. The predicted molar refractivity (Wildman–Crippen MR) is 116 cm³/mol. The maximum atomic E-state index is 6.24. The van der Waals surface area contributed by atoms with Gasteiger partial charge in [-0.1, -0.05) is 42.5 Å². The minimum absolute atomic E-state index is 0.357. The van der Waals surface area contributed by atoms with E-state index in [1.807, 2.05) is 33.8 Å². The summed E-state index contributed by atoms with van der Waals surface area (Å²) in [5, 5.41) is 0. The molecule has 0 bridgehead atoms. The average molecular weight is 360 g/mol. The van der Waals surface area contributed by atoms with Gasteiger partial charge in [0.2, 0.25) is 0 Å². The lowest BCUT2D eigenvalue weighted by Crippen LogP contribution is -2.28. The maximum Gasteiger partial charge on any atom is 0.0461 e.